The molecular weight excluding hydrogens is 569 g/mol. The lowest BCUT2D eigenvalue weighted by Crippen LogP contribution is -2.33. The van der Waals surface area contributed by atoms with Crippen LogP contribution in [-0.2, 0) is 42.3 Å². The fraction of sp³-hybridized carbons (Fsp3) is 0.387. The molecule has 2 aromatic heterocycles. The van der Waals surface area contributed by atoms with Crippen LogP contribution in [0.15, 0.2) is 42.7 Å². The Kier molecular flexibility index (Phi) is 8.68. The number of nitrogens with zero attached hydrogens (tertiary/aromatic N) is 6. The average molecular weight is 606 g/mol. The fourth-order valence-electron chi connectivity index (χ4n) is 5.02. The zero-order valence-electron chi connectivity index (χ0n) is 25.7. The number of amides is 2. The van der Waals surface area contributed by atoms with Gasteiger partial charge in [0.2, 0.25) is 0 Å². The van der Waals surface area contributed by atoms with Crippen molar-refractivity contribution >= 4 is 12.0 Å². The Morgan fingerprint density at radius 3 is 2.52 bits per heavy atom. The number of halogens is 1. The lowest BCUT2D eigenvalue weighted by molar-refractivity contribution is 0.0241. The molecule has 0 radical (unpaired) electrons. The zero-order valence-corrected chi connectivity index (χ0v) is 25.7. The molecule has 2 amide bonds. The number of hydrogen-bond acceptors (Lipinski definition) is 8. The second kappa shape index (κ2) is 12.4. The van der Waals surface area contributed by atoms with Crippen molar-refractivity contribution in [3.8, 4) is 11.4 Å². The number of rotatable bonds is 9. The minimum absolute atomic E-state index is 0.0475. The Balaban J connectivity index is 1.32. The summed E-state index contributed by atoms with van der Waals surface area (Å²) in [5.74, 6) is -0.993. The summed E-state index contributed by atoms with van der Waals surface area (Å²) >= 11 is 0. The maximum atomic E-state index is 15.4. The van der Waals surface area contributed by atoms with Gasteiger partial charge in [0.25, 0.3) is 5.91 Å². The van der Waals surface area contributed by atoms with Gasteiger partial charge in [-0.15, -0.1) is 5.10 Å². The van der Waals surface area contributed by atoms with Crippen LogP contribution in [0.2, 0.25) is 0 Å². The van der Waals surface area contributed by atoms with E-state index in [0.717, 1.165) is 16.7 Å². The molecule has 5 rings (SSSR count). The molecule has 1 aliphatic heterocycles. The van der Waals surface area contributed by atoms with E-state index in [9.17, 15) is 9.59 Å². The molecule has 12 nitrogen and oxygen atoms in total. The number of nitrogens with one attached hydrogen (secondary N) is 1. The quantitative estimate of drug-likeness (QED) is 0.300. The summed E-state index contributed by atoms with van der Waals surface area (Å²) < 4.78 is 34.5. The number of benzene rings is 2. The van der Waals surface area contributed by atoms with Gasteiger partial charge in [-0.25, -0.2) is 13.9 Å². The van der Waals surface area contributed by atoms with E-state index >= 15 is 4.39 Å². The summed E-state index contributed by atoms with van der Waals surface area (Å²) in [7, 11) is 2.90. The first kappa shape index (κ1) is 30.7. The smallest absolute Gasteiger partial charge is 0.410 e. The van der Waals surface area contributed by atoms with Gasteiger partial charge in [0.15, 0.2) is 11.6 Å². The van der Waals surface area contributed by atoms with Gasteiger partial charge in [-0.05, 0) is 56.5 Å². The third-order valence-electron chi connectivity index (χ3n) is 7.04. The Labute approximate surface area is 254 Å². The molecule has 0 spiro atoms. The average Bonchev–Trinajstić information content (AvgIpc) is 3.69. The molecule has 0 unspecified atom stereocenters. The highest BCUT2D eigenvalue weighted by molar-refractivity contribution is 5.95. The summed E-state index contributed by atoms with van der Waals surface area (Å²) in [5.41, 5.74) is 4.53. The molecule has 1 N–H and O–H groups in total. The van der Waals surface area contributed by atoms with Crippen LogP contribution in [0.4, 0.5) is 9.18 Å². The van der Waals surface area contributed by atoms with E-state index in [2.05, 4.69) is 20.7 Å². The molecular formula is C31H36FN7O5. The second-order valence-electron chi connectivity index (χ2n) is 11.6. The largest absolute Gasteiger partial charge is 0.494 e. The predicted molar refractivity (Wildman–Crippen MR) is 158 cm³/mol. The van der Waals surface area contributed by atoms with Gasteiger partial charge in [-0.3, -0.25) is 14.4 Å². The third-order valence-corrected chi connectivity index (χ3v) is 7.04. The lowest BCUT2D eigenvalue weighted by atomic mass is 10.1. The van der Waals surface area contributed by atoms with Crippen molar-refractivity contribution in [1.29, 1.82) is 0 Å². The minimum atomic E-state index is -0.604. The minimum Gasteiger partial charge on any atom is -0.494 e. The Morgan fingerprint density at radius 1 is 1.07 bits per heavy atom. The van der Waals surface area contributed by atoms with Crippen molar-refractivity contribution in [3.63, 3.8) is 0 Å². The number of ether oxygens (including phenoxy) is 3. The first-order chi connectivity index (χ1) is 21.0. The van der Waals surface area contributed by atoms with E-state index in [0.29, 0.717) is 42.3 Å². The second-order valence-corrected chi connectivity index (χ2v) is 11.6. The van der Waals surface area contributed by atoms with Gasteiger partial charge in [-0.1, -0.05) is 23.4 Å². The monoisotopic (exact) mass is 605 g/mol. The summed E-state index contributed by atoms with van der Waals surface area (Å²) in [5, 5.41) is 15.4. The van der Waals surface area contributed by atoms with Gasteiger partial charge < -0.3 is 19.5 Å². The standard InChI is InChI=1S/C31H36FN7O5/c1-19-13-39(36-34-19)26-9-10-27(43-6)28(32)23(26)12-33-29(40)24-17-38(35-25(24)18-42-5)14-20-7-8-21-15-37(16-22(21)11-20)30(41)44-31(2,3)4/h7-11,13,17H,12,14-16,18H2,1-6H3,(H,33,40). The van der Waals surface area contributed by atoms with Crippen LogP contribution in [0.25, 0.3) is 5.69 Å². The van der Waals surface area contributed by atoms with Crippen molar-refractivity contribution in [2.45, 2.75) is 66.1 Å². The first-order valence-electron chi connectivity index (χ1n) is 14.1. The maximum absolute atomic E-state index is 15.4. The fourth-order valence-corrected chi connectivity index (χ4v) is 5.02. The van der Waals surface area contributed by atoms with Crippen molar-refractivity contribution in [2.24, 2.45) is 0 Å². The van der Waals surface area contributed by atoms with Crippen LogP contribution in [0.3, 0.4) is 0 Å². The van der Waals surface area contributed by atoms with Crippen molar-refractivity contribution in [3.05, 3.63) is 87.7 Å². The van der Waals surface area contributed by atoms with E-state index < -0.39 is 17.3 Å². The van der Waals surface area contributed by atoms with Crippen LogP contribution in [-0.4, -0.2) is 61.5 Å². The third kappa shape index (κ3) is 6.72. The molecule has 0 saturated heterocycles. The number of fused-ring (bicyclic) bond motifs is 1. The highest BCUT2D eigenvalue weighted by Crippen LogP contribution is 2.28. The first-order valence-corrected chi connectivity index (χ1v) is 14.1. The van der Waals surface area contributed by atoms with E-state index in [4.69, 9.17) is 14.2 Å². The van der Waals surface area contributed by atoms with Crippen LogP contribution < -0.4 is 10.1 Å². The predicted octanol–water partition coefficient (Wildman–Crippen LogP) is 4.30. The number of carbonyl (C=O) groups is 2. The summed E-state index contributed by atoms with van der Waals surface area (Å²) in [6.07, 6.45) is 2.97. The van der Waals surface area contributed by atoms with Crippen molar-refractivity contribution in [2.75, 3.05) is 14.2 Å². The molecule has 44 heavy (non-hydrogen) atoms. The number of aryl methyl sites for hydroxylation is 1. The van der Waals surface area contributed by atoms with Crippen LogP contribution in [0.5, 0.6) is 5.75 Å². The van der Waals surface area contributed by atoms with Crippen LogP contribution in [0, 0.1) is 12.7 Å². The molecule has 0 fully saturated rings. The molecule has 232 valence electrons. The number of hydrogen-bond donors (Lipinski definition) is 1. The lowest BCUT2D eigenvalue weighted by Gasteiger charge is -2.24. The summed E-state index contributed by atoms with van der Waals surface area (Å²) in [6, 6.07) is 9.18. The molecule has 2 aromatic carbocycles. The molecule has 3 heterocycles. The molecule has 1 aliphatic rings. The number of methoxy groups -OCH3 is 2. The zero-order chi connectivity index (χ0) is 31.6. The van der Waals surface area contributed by atoms with Crippen molar-refractivity contribution in [1.82, 2.24) is 35.0 Å². The van der Waals surface area contributed by atoms with E-state index in [1.807, 2.05) is 39.0 Å². The highest BCUT2D eigenvalue weighted by Gasteiger charge is 2.28. The normalized spacial score (nSPS) is 12.8. The van der Waals surface area contributed by atoms with Crippen LogP contribution >= 0.6 is 0 Å². The number of aromatic nitrogens is 5. The molecule has 4 aromatic rings. The topological polar surface area (TPSA) is 126 Å². The van der Waals surface area contributed by atoms with Crippen LogP contribution in [0.1, 0.15) is 64.8 Å². The van der Waals surface area contributed by atoms with E-state index in [1.54, 1.807) is 35.0 Å². The summed E-state index contributed by atoms with van der Waals surface area (Å²) in [6.45, 7) is 8.63. The van der Waals surface area contributed by atoms with E-state index in [1.165, 1.54) is 25.0 Å². The molecule has 13 heteroatoms. The Hall–Kier alpha value is -4.78. The van der Waals surface area contributed by atoms with Gasteiger partial charge in [0.05, 0.1) is 43.4 Å². The Bertz CT molecular complexity index is 1690. The van der Waals surface area contributed by atoms with Gasteiger partial charge in [0.1, 0.15) is 11.3 Å². The van der Waals surface area contributed by atoms with Gasteiger partial charge in [-0.2, -0.15) is 5.10 Å². The number of carbonyl (C=O) groups excluding carboxylic acids is 2. The molecule has 0 aliphatic carbocycles. The van der Waals surface area contributed by atoms with Gasteiger partial charge >= 0.3 is 6.09 Å². The van der Waals surface area contributed by atoms with Crippen molar-refractivity contribution < 1.29 is 28.2 Å². The summed E-state index contributed by atoms with van der Waals surface area (Å²) in [4.78, 5) is 27.6. The highest BCUT2D eigenvalue weighted by atomic mass is 19.1. The SMILES string of the molecule is COCc1nn(Cc2ccc3c(c2)CN(C(=O)OC(C)(C)C)C3)cc1C(=O)NCc1c(-n2cc(C)nn2)ccc(OC)c1F. The van der Waals surface area contributed by atoms with E-state index in [-0.39, 0.29) is 30.6 Å². The van der Waals surface area contributed by atoms with Gasteiger partial charge in [0, 0.05) is 38.5 Å². The molecule has 0 saturated carbocycles. The Morgan fingerprint density at radius 2 is 1.84 bits per heavy atom. The maximum Gasteiger partial charge on any atom is 0.410 e. The molecule has 0 bridgehead atoms. The molecule has 0 atom stereocenters.